The van der Waals surface area contributed by atoms with Gasteiger partial charge >= 0.3 is 0 Å². The Morgan fingerprint density at radius 2 is 1.92 bits per heavy atom. The van der Waals surface area contributed by atoms with Gasteiger partial charge in [0.15, 0.2) is 0 Å². The molecule has 0 aliphatic heterocycles. The number of carbonyl (C=O) groups excluding carboxylic acids is 1. The van der Waals surface area contributed by atoms with E-state index in [1.807, 2.05) is 48.0 Å². The molecule has 124 valence electrons. The summed E-state index contributed by atoms with van der Waals surface area (Å²) < 4.78 is 1.84. The van der Waals surface area contributed by atoms with E-state index >= 15 is 0 Å². The molecule has 0 saturated heterocycles. The molecule has 2 N–H and O–H groups in total. The van der Waals surface area contributed by atoms with E-state index < -0.39 is 0 Å². The Morgan fingerprint density at radius 3 is 2.68 bits per heavy atom. The number of hydrogen-bond donors (Lipinski definition) is 2. The summed E-state index contributed by atoms with van der Waals surface area (Å²) >= 11 is 5.89. The zero-order valence-electron chi connectivity index (χ0n) is 13.3. The van der Waals surface area contributed by atoms with Gasteiger partial charge in [-0.1, -0.05) is 35.9 Å². The van der Waals surface area contributed by atoms with Crippen molar-refractivity contribution in [3.05, 3.63) is 65.3 Å². The van der Waals surface area contributed by atoms with Crippen LogP contribution in [0, 0.1) is 0 Å². The molecule has 0 bridgehead atoms. The van der Waals surface area contributed by atoms with Gasteiger partial charge in [-0.05, 0) is 30.3 Å². The van der Waals surface area contributed by atoms with E-state index in [1.54, 1.807) is 18.2 Å². The Labute approximate surface area is 148 Å². The number of para-hydroxylation sites is 2. The summed E-state index contributed by atoms with van der Waals surface area (Å²) in [6, 6.07) is 16.7. The lowest BCUT2D eigenvalue weighted by Crippen LogP contribution is -2.15. The van der Waals surface area contributed by atoms with Crippen molar-refractivity contribution in [3.8, 4) is 11.3 Å². The van der Waals surface area contributed by atoms with E-state index in [1.165, 1.54) is 0 Å². The lowest BCUT2D eigenvalue weighted by atomic mass is 10.1. The summed E-state index contributed by atoms with van der Waals surface area (Å²) in [5.41, 5.74) is 3.68. The number of halogens is 1. The Hall–Kier alpha value is -3.12. The van der Waals surface area contributed by atoms with Crippen molar-refractivity contribution in [2.24, 2.45) is 7.05 Å². The van der Waals surface area contributed by atoms with Crippen LogP contribution in [0.15, 0.2) is 54.6 Å². The fourth-order valence-electron chi connectivity index (χ4n) is 2.63. The number of rotatable bonds is 3. The molecule has 0 aliphatic rings. The van der Waals surface area contributed by atoms with E-state index in [9.17, 15) is 4.79 Å². The number of nitrogens with zero attached hydrogens (tertiary/aromatic N) is 3. The molecule has 2 aromatic carbocycles. The van der Waals surface area contributed by atoms with Crippen LogP contribution in [-0.4, -0.2) is 25.7 Å². The zero-order chi connectivity index (χ0) is 17.4. The summed E-state index contributed by atoms with van der Waals surface area (Å²) in [6.07, 6.45) is 0. The van der Waals surface area contributed by atoms with Crippen molar-refractivity contribution >= 4 is 34.5 Å². The Balaban J connectivity index is 1.59. The monoisotopic (exact) mass is 351 g/mol. The van der Waals surface area contributed by atoms with Gasteiger partial charge in [0.1, 0.15) is 5.69 Å². The number of aromatic nitrogens is 4. The SMILES string of the molecule is Cn1c(NC(=O)c2cc(-c3ccc(Cl)cc3)n[nH]2)nc2ccccc21. The van der Waals surface area contributed by atoms with Crippen molar-refractivity contribution in [1.82, 2.24) is 19.7 Å². The van der Waals surface area contributed by atoms with Crippen LogP contribution in [-0.2, 0) is 7.05 Å². The van der Waals surface area contributed by atoms with Crippen molar-refractivity contribution < 1.29 is 4.79 Å². The number of amides is 1. The van der Waals surface area contributed by atoms with E-state index in [0.717, 1.165) is 16.6 Å². The van der Waals surface area contributed by atoms with Crippen LogP contribution in [0.1, 0.15) is 10.5 Å². The average Bonchev–Trinajstić information content (AvgIpc) is 3.22. The van der Waals surface area contributed by atoms with Crippen LogP contribution >= 0.6 is 11.6 Å². The number of anilines is 1. The Morgan fingerprint density at radius 1 is 1.16 bits per heavy atom. The van der Waals surface area contributed by atoms with Crippen LogP contribution in [0.5, 0.6) is 0 Å². The lowest BCUT2D eigenvalue weighted by Gasteiger charge is -2.03. The molecule has 0 fully saturated rings. The number of imidazole rings is 1. The number of carbonyl (C=O) groups is 1. The maximum absolute atomic E-state index is 12.5. The summed E-state index contributed by atoms with van der Waals surface area (Å²) in [5, 5.41) is 10.4. The second kappa shape index (κ2) is 6.07. The van der Waals surface area contributed by atoms with Gasteiger partial charge in [0.25, 0.3) is 5.91 Å². The molecule has 4 rings (SSSR count). The molecular weight excluding hydrogens is 338 g/mol. The van der Waals surface area contributed by atoms with Crippen molar-refractivity contribution in [3.63, 3.8) is 0 Å². The first kappa shape index (κ1) is 15.4. The van der Waals surface area contributed by atoms with Gasteiger partial charge in [-0.25, -0.2) is 4.98 Å². The number of fused-ring (bicyclic) bond motifs is 1. The number of benzene rings is 2. The molecule has 0 atom stereocenters. The summed E-state index contributed by atoms with van der Waals surface area (Å²) in [7, 11) is 1.86. The summed E-state index contributed by atoms with van der Waals surface area (Å²) in [4.78, 5) is 16.9. The number of aryl methyl sites for hydroxylation is 1. The van der Waals surface area contributed by atoms with Crippen LogP contribution in [0.3, 0.4) is 0 Å². The molecule has 7 heteroatoms. The molecular formula is C18H14ClN5O. The van der Waals surface area contributed by atoms with Gasteiger partial charge in [0.2, 0.25) is 5.95 Å². The van der Waals surface area contributed by atoms with Crippen LogP contribution in [0.2, 0.25) is 5.02 Å². The topological polar surface area (TPSA) is 75.6 Å². The fourth-order valence-corrected chi connectivity index (χ4v) is 2.76. The van der Waals surface area contributed by atoms with E-state index in [2.05, 4.69) is 20.5 Å². The number of hydrogen-bond acceptors (Lipinski definition) is 3. The molecule has 6 nitrogen and oxygen atoms in total. The largest absolute Gasteiger partial charge is 0.313 e. The molecule has 25 heavy (non-hydrogen) atoms. The Bertz CT molecular complexity index is 1060. The van der Waals surface area contributed by atoms with Crippen molar-refractivity contribution in [1.29, 1.82) is 0 Å². The Kier molecular flexibility index (Phi) is 3.74. The average molecular weight is 352 g/mol. The molecule has 0 unspecified atom stereocenters. The highest BCUT2D eigenvalue weighted by Crippen LogP contribution is 2.21. The third-order valence-corrected chi connectivity index (χ3v) is 4.23. The highest BCUT2D eigenvalue weighted by atomic mass is 35.5. The van der Waals surface area contributed by atoms with Gasteiger partial charge in [0.05, 0.1) is 16.7 Å². The zero-order valence-corrected chi connectivity index (χ0v) is 14.1. The van der Waals surface area contributed by atoms with Gasteiger partial charge < -0.3 is 4.57 Å². The third-order valence-electron chi connectivity index (χ3n) is 3.97. The molecule has 0 saturated carbocycles. The first-order valence-corrected chi connectivity index (χ1v) is 8.04. The van der Waals surface area contributed by atoms with E-state index in [0.29, 0.717) is 22.4 Å². The van der Waals surface area contributed by atoms with Crippen LogP contribution < -0.4 is 5.32 Å². The lowest BCUT2D eigenvalue weighted by molar-refractivity contribution is 0.102. The molecule has 2 aromatic heterocycles. The van der Waals surface area contributed by atoms with Crippen molar-refractivity contribution in [2.75, 3.05) is 5.32 Å². The number of nitrogens with one attached hydrogen (secondary N) is 2. The van der Waals surface area contributed by atoms with E-state index in [4.69, 9.17) is 11.6 Å². The molecule has 2 heterocycles. The van der Waals surface area contributed by atoms with Gasteiger partial charge in [0, 0.05) is 17.6 Å². The number of H-pyrrole nitrogens is 1. The quantitative estimate of drug-likeness (QED) is 0.588. The van der Waals surface area contributed by atoms with Crippen LogP contribution in [0.4, 0.5) is 5.95 Å². The number of aromatic amines is 1. The third kappa shape index (κ3) is 2.88. The van der Waals surface area contributed by atoms with Gasteiger partial charge in [-0.15, -0.1) is 0 Å². The highest BCUT2D eigenvalue weighted by Gasteiger charge is 2.15. The predicted octanol–water partition coefficient (Wildman–Crippen LogP) is 3.87. The second-order valence-electron chi connectivity index (χ2n) is 5.61. The minimum Gasteiger partial charge on any atom is -0.313 e. The van der Waals surface area contributed by atoms with E-state index in [-0.39, 0.29) is 5.91 Å². The van der Waals surface area contributed by atoms with Gasteiger partial charge in [-0.2, -0.15) is 5.10 Å². The van der Waals surface area contributed by atoms with Crippen molar-refractivity contribution in [2.45, 2.75) is 0 Å². The standard InChI is InChI=1S/C18H14ClN5O/c1-24-16-5-3-2-4-13(16)20-18(24)21-17(25)15-10-14(22-23-15)11-6-8-12(19)9-7-11/h2-10H,1H3,(H,22,23)(H,20,21,25). The molecule has 1 amide bonds. The molecule has 4 aromatic rings. The minimum atomic E-state index is -0.300. The first-order chi connectivity index (χ1) is 12.1. The first-order valence-electron chi connectivity index (χ1n) is 7.66. The molecule has 0 spiro atoms. The maximum Gasteiger partial charge on any atom is 0.275 e. The fraction of sp³-hybridized carbons (Fsp3) is 0.0556. The van der Waals surface area contributed by atoms with Gasteiger partial charge in [-0.3, -0.25) is 15.2 Å². The molecule has 0 aliphatic carbocycles. The summed E-state index contributed by atoms with van der Waals surface area (Å²) in [5.74, 6) is 0.181. The maximum atomic E-state index is 12.5. The highest BCUT2D eigenvalue weighted by molar-refractivity contribution is 6.30. The minimum absolute atomic E-state index is 0.300. The van der Waals surface area contributed by atoms with Crippen LogP contribution in [0.25, 0.3) is 22.3 Å². The molecule has 0 radical (unpaired) electrons. The summed E-state index contributed by atoms with van der Waals surface area (Å²) in [6.45, 7) is 0. The smallest absolute Gasteiger partial charge is 0.275 e. The second-order valence-corrected chi connectivity index (χ2v) is 6.05. The predicted molar refractivity (Wildman–Crippen MR) is 97.7 cm³/mol. The normalized spacial score (nSPS) is 11.0.